The SMILES string of the molecule is O=C1NNC(C(F)(F)F)=NC1Cc1ccccc1. The summed E-state index contributed by atoms with van der Waals surface area (Å²) >= 11 is 0. The van der Waals surface area contributed by atoms with Gasteiger partial charge in [-0.05, 0) is 5.56 Å². The van der Waals surface area contributed by atoms with E-state index in [1.807, 2.05) is 5.43 Å². The van der Waals surface area contributed by atoms with Crippen LogP contribution in [-0.2, 0) is 11.2 Å². The van der Waals surface area contributed by atoms with Gasteiger partial charge in [0.15, 0.2) is 0 Å². The summed E-state index contributed by atoms with van der Waals surface area (Å²) in [4.78, 5) is 14.8. The number of aliphatic imine (C=N–C) groups is 1. The number of hydrazine groups is 1. The number of nitrogens with zero attached hydrogens (tertiary/aromatic N) is 1. The minimum absolute atomic E-state index is 0.133. The molecule has 4 nitrogen and oxygen atoms in total. The van der Waals surface area contributed by atoms with Gasteiger partial charge in [0.1, 0.15) is 6.04 Å². The minimum Gasteiger partial charge on any atom is -0.278 e. The summed E-state index contributed by atoms with van der Waals surface area (Å²) in [7, 11) is 0. The van der Waals surface area contributed by atoms with Gasteiger partial charge in [0, 0.05) is 6.42 Å². The second-order valence-corrected chi connectivity index (χ2v) is 3.80. The lowest BCUT2D eigenvalue weighted by Crippen LogP contribution is -2.56. The van der Waals surface area contributed by atoms with Crippen LogP contribution in [0.4, 0.5) is 13.2 Å². The summed E-state index contributed by atoms with van der Waals surface area (Å²) in [6.45, 7) is 0. The number of amidine groups is 1. The van der Waals surface area contributed by atoms with Crippen molar-refractivity contribution in [1.29, 1.82) is 0 Å². The Morgan fingerprint density at radius 3 is 2.44 bits per heavy atom. The first-order valence-corrected chi connectivity index (χ1v) is 5.21. The molecule has 7 heteroatoms. The molecular formula is C11H10F3N3O. The molecule has 0 saturated heterocycles. The maximum absolute atomic E-state index is 12.4. The number of amides is 1. The van der Waals surface area contributed by atoms with E-state index in [-0.39, 0.29) is 6.42 Å². The van der Waals surface area contributed by atoms with E-state index in [0.717, 1.165) is 5.56 Å². The number of halogens is 3. The highest BCUT2D eigenvalue weighted by atomic mass is 19.4. The fourth-order valence-electron chi connectivity index (χ4n) is 1.57. The molecule has 2 N–H and O–H groups in total. The maximum Gasteiger partial charge on any atom is 0.450 e. The number of rotatable bonds is 2. The molecule has 0 fully saturated rings. The van der Waals surface area contributed by atoms with Gasteiger partial charge in [-0.25, -0.2) is 4.99 Å². The molecule has 1 atom stereocenters. The summed E-state index contributed by atoms with van der Waals surface area (Å²) in [5.41, 5.74) is 4.47. The van der Waals surface area contributed by atoms with Gasteiger partial charge in [-0.15, -0.1) is 0 Å². The molecule has 1 aromatic carbocycles. The topological polar surface area (TPSA) is 53.5 Å². The first kappa shape index (κ1) is 12.4. The molecule has 0 saturated carbocycles. The predicted octanol–water partition coefficient (Wildman–Crippen LogP) is 1.19. The number of benzene rings is 1. The molecular weight excluding hydrogens is 247 g/mol. The minimum atomic E-state index is -4.59. The first-order valence-electron chi connectivity index (χ1n) is 5.21. The highest BCUT2D eigenvalue weighted by Gasteiger charge is 2.40. The van der Waals surface area contributed by atoms with Gasteiger partial charge in [-0.3, -0.25) is 15.6 Å². The average molecular weight is 257 g/mol. The summed E-state index contributed by atoms with van der Waals surface area (Å²) in [6, 6.07) is 7.70. The Morgan fingerprint density at radius 1 is 1.17 bits per heavy atom. The molecule has 0 aromatic heterocycles. The highest BCUT2D eigenvalue weighted by molar-refractivity contribution is 5.96. The van der Waals surface area contributed by atoms with Crippen LogP contribution in [0.3, 0.4) is 0 Å². The Morgan fingerprint density at radius 2 is 1.83 bits per heavy atom. The first-order chi connectivity index (χ1) is 8.47. The Bertz CT molecular complexity index is 470. The second kappa shape index (κ2) is 4.67. The van der Waals surface area contributed by atoms with Crippen molar-refractivity contribution in [2.45, 2.75) is 18.6 Å². The lowest BCUT2D eigenvalue weighted by atomic mass is 10.1. The lowest BCUT2D eigenvalue weighted by molar-refractivity contribution is -0.124. The standard InChI is InChI=1S/C11H10F3N3O/c12-11(13,14)10-15-8(9(18)16-17-10)6-7-4-2-1-3-5-7/h1-5,8H,6H2,(H,15,17)(H,16,18). The molecule has 0 radical (unpaired) electrons. The molecule has 1 heterocycles. The van der Waals surface area contributed by atoms with Gasteiger partial charge < -0.3 is 0 Å². The molecule has 1 amide bonds. The van der Waals surface area contributed by atoms with Crippen molar-refractivity contribution in [2.75, 3.05) is 0 Å². The molecule has 0 spiro atoms. The smallest absolute Gasteiger partial charge is 0.278 e. The molecule has 1 aliphatic rings. The van der Waals surface area contributed by atoms with E-state index < -0.39 is 24.0 Å². The lowest BCUT2D eigenvalue weighted by Gasteiger charge is -2.23. The zero-order chi connectivity index (χ0) is 13.2. The fraction of sp³-hybridized carbons (Fsp3) is 0.273. The van der Waals surface area contributed by atoms with E-state index in [4.69, 9.17) is 0 Å². The van der Waals surface area contributed by atoms with Gasteiger partial charge in [0.25, 0.3) is 5.91 Å². The number of carbonyl (C=O) groups is 1. The molecule has 2 rings (SSSR count). The van der Waals surface area contributed by atoms with E-state index in [1.54, 1.807) is 35.8 Å². The number of hydrogen-bond donors (Lipinski definition) is 2. The van der Waals surface area contributed by atoms with E-state index in [9.17, 15) is 18.0 Å². The van der Waals surface area contributed by atoms with Crippen LogP contribution in [0, 0.1) is 0 Å². The van der Waals surface area contributed by atoms with E-state index in [2.05, 4.69) is 4.99 Å². The van der Waals surface area contributed by atoms with Gasteiger partial charge in [0.05, 0.1) is 0 Å². The van der Waals surface area contributed by atoms with Gasteiger partial charge in [-0.2, -0.15) is 13.2 Å². The average Bonchev–Trinajstić information content (AvgIpc) is 2.32. The Kier molecular flexibility index (Phi) is 3.22. The monoisotopic (exact) mass is 257 g/mol. The fourth-order valence-corrected chi connectivity index (χ4v) is 1.57. The molecule has 1 aliphatic heterocycles. The quantitative estimate of drug-likeness (QED) is 0.836. The molecule has 1 aromatic rings. The Balaban J connectivity index is 2.18. The van der Waals surface area contributed by atoms with Gasteiger partial charge in [-0.1, -0.05) is 30.3 Å². The number of carbonyl (C=O) groups excluding carboxylic acids is 1. The summed E-state index contributed by atoms with van der Waals surface area (Å²) < 4.78 is 37.3. The molecule has 1 unspecified atom stereocenters. The van der Waals surface area contributed by atoms with Crippen molar-refractivity contribution in [3.05, 3.63) is 35.9 Å². The Labute approximate surface area is 101 Å². The van der Waals surface area contributed by atoms with Crippen molar-refractivity contribution in [3.63, 3.8) is 0 Å². The number of hydrogen-bond acceptors (Lipinski definition) is 3. The van der Waals surface area contributed by atoms with Crippen LogP contribution in [0.25, 0.3) is 0 Å². The number of alkyl halides is 3. The maximum atomic E-state index is 12.4. The van der Waals surface area contributed by atoms with Crippen LogP contribution in [0.5, 0.6) is 0 Å². The number of nitrogens with one attached hydrogen (secondary N) is 2. The van der Waals surface area contributed by atoms with E-state index >= 15 is 0 Å². The Hall–Kier alpha value is -2.05. The van der Waals surface area contributed by atoms with Crippen LogP contribution in [0.2, 0.25) is 0 Å². The van der Waals surface area contributed by atoms with Crippen LogP contribution in [0.1, 0.15) is 5.56 Å². The zero-order valence-electron chi connectivity index (χ0n) is 9.16. The van der Waals surface area contributed by atoms with Crippen molar-refractivity contribution in [3.8, 4) is 0 Å². The molecule has 0 bridgehead atoms. The highest BCUT2D eigenvalue weighted by Crippen LogP contribution is 2.18. The van der Waals surface area contributed by atoms with Crippen molar-refractivity contribution < 1.29 is 18.0 Å². The predicted molar refractivity (Wildman–Crippen MR) is 58.7 cm³/mol. The van der Waals surface area contributed by atoms with Crippen LogP contribution < -0.4 is 10.9 Å². The van der Waals surface area contributed by atoms with Crippen LogP contribution >= 0.6 is 0 Å². The van der Waals surface area contributed by atoms with Crippen molar-refractivity contribution >= 4 is 11.7 Å². The molecule has 18 heavy (non-hydrogen) atoms. The van der Waals surface area contributed by atoms with Crippen molar-refractivity contribution in [1.82, 2.24) is 10.9 Å². The third-order valence-electron chi connectivity index (χ3n) is 2.43. The van der Waals surface area contributed by atoms with Crippen molar-refractivity contribution in [2.24, 2.45) is 4.99 Å². The summed E-state index contributed by atoms with van der Waals surface area (Å²) in [5.74, 6) is -1.75. The zero-order valence-corrected chi connectivity index (χ0v) is 9.16. The van der Waals surface area contributed by atoms with Gasteiger partial charge >= 0.3 is 6.18 Å². The summed E-state index contributed by atoms with van der Waals surface area (Å²) in [6.07, 6.45) is -4.46. The normalized spacial score (nSPS) is 19.8. The summed E-state index contributed by atoms with van der Waals surface area (Å²) in [5, 5.41) is 0. The third kappa shape index (κ3) is 2.79. The second-order valence-electron chi connectivity index (χ2n) is 3.80. The largest absolute Gasteiger partial charge is 0.450 e. The van der Waals surface area contributed by atoms with Crippen LogP contribution in [-0.4, -0.2) is 24.0 Å². The van der Waals surface area contributed by atoms with E-state index in [0.29, 0.717) is 0 Å². The van der Waals surface area contributed by atoms with E-state index in [1.165, 1.54) is 0 Å². The third-order valence-corrected chi connectivity index (χ3v) is 2.43. The van der Waals surface area contributed by atoms with Gasteiger partial charge in [0.2, 0.25) is 5.84 Å². The van der Waals surface area contributed by atoms with Crippen LogP contribution in [0.15, 0.2) is 35.3 Å². The molecule has 0 aliphatic carbocycles. The molecule has 96 valence electrons.